The first-order valence-electron chi connectivity index (χ1n) is 5.55. The van der Waals surface area contributed by atoms with Gasteiger partial charge in [-0.05, 0) is 53.2 Å². The van der Waals surface area contributed by atoms with Crippen molar-refractivity contribution < 1.29 is 21.6 Å². The lowest BCUT2D eigenvalue weighted by Crippen LogP contribution is -2.13. The Morgan fingerprint density at radius 2 is 1.76 bits per heavy atom. The van der Waals surface area contributed by atoms with Gasteiger partial charge < -0.3 is 0 Å². The van der Waals surface area contributed by atoms with Crippen molar-refractivity contribution in [3.05, 3.63) is 44.6 Å². The van der Waals surface area contributed by atoms with E-state index in [1.54, 1.807) is 6.92 Å². The van der Waals surface area contributed by atoms with E-state index in [1.807, 2.05) is 0 Å². The lowest BCUT2D eigenvalue weighted by atomic mass is 10.2. The Hall–Kier alpha value is -1.06. The highest BCUT2D eigenvalue weighted by molar-refractivity contribution is 9.11. The van der Waals surface area contributed by atoms with Gasteiger partial charge in [-0.2, -0.15) is 13.2 Å². The lowest BCUT2D eigenvalue weighted by molar-refractivity contribution is -0.137. The van der Waals surface area contributed by atoms with Crippen LogP contribution in [0.4, 0.5) is 18.9 Å². The molecule has 0 aliphatic carbocycles. The molecule has 114 valence electrons. The van der Waals surface area contributed by atoms with Crippen molar-refractivity contribution in [1.82, 2.24) is 0 Å². The SMILES string of the molecule is Cc1sc(Br)cc1S(=O)(=O)Nc1ccc(C(F)(F)F)cc1. The van der Waals surface area contributed by atoms with E-state index in [2.05, 4.69) is 20.7 Å². The van der Waals surface area contributed by atoms with E-state index in [0.29, 0.717) is 8.66 Å². The third-order valence-electron chi connectivity index (χ3n) is 2.60. The minimum atomic E-state index is -4.45. The van der Waals surface area contributed by atoms with Crippen LogP contribution >= 0.6 is 27.3 Å². The predicted octanol–water partition coefficient (Wildman–Crippen LogP) is 4.64. The zero-order chi connectivity index (χ0) is 15.8. The Kier molecular flexibility index (Phi) is 4.36. The molecule has 0 saturated carbocycles. The van der Waals surface area contributed by atoms with E-state index in [0.717, 1.165) is 24.3 Å². The average molecular weight is 400 g/mol. The van der Waals surface area contributed by atoms with Crippen LogP contribution in [-0.2, 0) is 16.2 Å². The smallest absolute Gasteiger partial charge is 0.280 e. The summed E-state index contributed by atoms with van der Waals surface area (Å²) in [6.07, 6.45) is -4.45. The van der Waals surface area contributed by atoms with Crippen LogP contribution in [0.5, 0.6) is 0 Å². The summed E-state index contributed by atoms with van der Waals surface area (Å²) in [5.41, 5.74) is -0.760. The Morgan fingerprint density at radius 1 is 1.19 bits per heavy atom. The van der Waals surface area contributed by atoms with Crippen molar-refractivity contribution in [3.8, 4) is 0 Å². The summed E-state index contributed by atoms with van der Waals surface area (Å²) in [6.45, 7) is 1.65. The number of nitrogens with one attached hydrogen (secondary N) is 1. The zero-order valence-corrected chi connectivity index (χ0v) is 13.8. The van der Waals surface area contributed by atoms with E-state index in [-0.39, 0.29) is 10.6 Å². The van der Waals surface area contributed by atoms with E-state index < -0.39 is 21.8 Å². The molecular weight excluding hydrogens is 391 g/mol. The van der Waals surface area contributed by atoms with Gasteiger partial charge in [-0.15, -0.1) is 11.3 Å². The van der Waals surface area contributed by atoms with Crippen LogP contribution < -0.4 is 4.72 Å². The number of benzene rings is 1. The van der Waals surface area contributed by atoms with Crippen molar-refractivity contribution in [1.29, 1.82) is 0 Å². The topological polar surface area (TPSA) is 46.2 Å². The molecule has 2 aromatic rings. The van der Waals surface area contributed by atoms with Crippen LogP contribution in [0.25, 0.3) is 0 Å². The molecule has 0 unspecified atom stereocenters. The first-order chi connectivity index (χ1) is 9.59. The van der Waals surface area contributed by atoms with Crippen molar-refractivity contribution >= 4 is 43.0 Å². The molecule has 0 atom stereocenters. The minimum Gasteiger partial charge on any atom is -0.280 e. The number of rotatable bonds is 3. The summed E-state index contributed by atoms with van der Waals surface area (Å²) in [5, 5.41) is 0. The number of thiophene rings is 1. The van der Waals surface area contributed by atoms with Crippen LogP contribution in [0.15, 0.2) is 39.0 Å². The highest BCUT2D eigenvalue weighted by Gasteiger charge is 2.30. The largest absolute Gasteiger partial charge is 0.416 e. The zero-order valence-electron chi connectivity index (χ0n) is 10.5. The van der Waals surface area contributed by atoms with Crippen molar-refractivity contribution in [2.75, 3.05) is 4.72 Å². The fourth-order valence-electron chi connectivity index (χ4n) is 1.63. The Bertz CT molecular complexity index is 752. The molecule has 0 amide bonds. The van der Waals surface area contributed by atoms with Crippen molar-refractivity contribution in [3.63, 3.8) is 0 Å². The fraction of sp³-hybridized carbons (Fsp3) is 0.167. The van der Waals surface area contributed by atoms with Crippen LogP contribution in [0.1, 0.15) is 10.4 Å². The molecule has 0 fully saturated rings. The highest BCUT2D eigenvalue weighted by Crippen LogP contribution is 2.32. The molecule has 1 heterocycles. The summed E-state index contributed by atoms with van der Waals surface area (Å²) in [7, 11) is -3.82. The standard InChI is InChI=1S/C12H9BrF3NO2S2/c1-7-10(6-11(13)20-7)21(18,19)17-9-4-2-8(3-5-9)12(14,15)16/h2-6,17H,1H3. The van der Waals surface area contributed by atoms with Crippen LogP contribution in [-0.4, -0.2) is 8.42 Å². The minimum absolute atomic E-state index is 0.0738. The summed E-state index contributed by atoms with van der Waals surface area (Å²) in [6, 6.07) is 5.27. The molecule has 1 aromatic carbocycles. The first kappa shape index (κ1) is 16.3. The maximum absolute atomic E-state index is 12.4. The normalized spacial score (nSPS) is 12.4. The third-order valence-corrected chi connectivity index (χ3v) is 5.79. The summed E-state index contributed by atoms with van der Waals surface area (Å²) in [4.78, 5) is 0.681. The van der Waals surface area contributed by atoms with Crippen LogP contribution in [0, 0.1) is 6.92 Å². The molecule has 0 saturated heterocycles. The molecule has 0 spiro atoms. The summed E-state index contributed by atoms with van der Waals surface area (Å²) in [5.74, 6) is 0. The third kappa shape index (κ3) is 3.78. The second-order valence-corrected chi connectivity index (χ2v) is 8.44. The number of aryl methyl sites for hydroxylation is 1. The molecular formula is C12H9BrF3NO2S2. The van der Waals surface area contributed by atoms with Crippen LogP contribution in [0.3, 0.4) is 0 Å². The number of hydrogen-bond acceptors (Lipinski definition) is 3. The monoisotopic (exact) mass is 399 g/mol. The molecule has 0 radical (unpaired) electrons. The average Bonchev–Trinajstić information content (AvgIpc) is 2.68. The number of sulfonamides is 1. The molecule has 21 heavy (non-hydrogen) atoms. The lowest BCUT2D eigenvalue weighted by Gasteiger charge is -2.10. The van der Waals surface area contributed by atoms with Gasteiger partial charge in [0.1, 0.15) is 4.90 Å². The molecule has 1 N–H and O–H groups in total. The van der Waals surface area contributed by atoms with E-state index in [9.17, 15) is 21.6 Å². The van der Waals surface area contributed by atoms with Gasteiger partial charge in [0.05, 0.1) is 9.35 Å². The number of alkyl halides is 3. The van der Waals surface area contributed by atoms with E-state index in [1.165, 1.54) is 17.4 Å². The van der Waals surface area contributed by atoms with Crippen molar-refractivity contribution in [2.45, 2.75) is 18.0 Å². The maximum atomic E-state index is 12.4. The van der Waals surface area contributed by atoms with Gasteiger partial charge in [-0.1, -0.05) is 0 Å². The second-order valence-electron chi connectivity index (χ2n) is 4.15. The van der Waals surface area contributed by atoms with E-state index >= 15 is 0 Å². The first-order valence-corrected chi connectivity index (χ1v) is 8.65. The predicted molar refractivity (Wildman–Crippen MR) is 79.0 cm³/mol. The van der Waals surface area contributed by atoms with E-state index in [4.69, 9.17) is 0 Å². The molecule has 0 bridgehead atoms. The number of halogens is 4. The summed E-state index contributed by atoms with van der Waals surface area (Å²) >= 11 is 4.45. The number of hydrogen-bond donors (Lipinski definition) is 1. The Morgan fingerprint density at radius 3 is 2.19 bits per heavy atom. The molecule has 0 aliphatic heterocycles. The molecule has 3 nitrogen and oxygen atoms in total. The highest BCUT2D eigenvalue weighted by atomic mass is 79.9. The second kappa shape index (κ2) is 5.62. The molecule has 2 rings (SSSR count). The van der Waals surface area contributed by atoms with Gasteiger partial charge >= 0.3 is 6.18 Å². The van der Waals surface area contributed by atoms with Gasteiger partial charge in [0.25, 0.3) is 10.0 Å². The maximum Gasteiger partial charge on any atom is 0.416 e. The Balaban J connectivity index is 2.27. The van der Waals surface area contributed by atoms with Gasteiger partial charge in [0.2, 0.25) is 0 Å². The van der Waals surface area contributed by atoms with Gasteiger partial charge in [0, 0.05) is 10.6 Å². The number of anilines is 1. The van der Waals surface area contributed by atoms with Gasteiger partial charge in [-0.25, -0.2) is 8.42 Å². The summed E-state index contributed by atoms with van der Waals surface area (Å²) < 4.78 is 64.6. The van der Waals surface area contributed by atoms with Gasteiger partial charge in [-0.3, -0.25) is 4.72 Å². The van der Waals surface area contributed by atoms with Gasteiger partial charge in [0.15, 0.2) is 0 Å². The molecule has 0 aliphatic rings. The quantitative estimate of drug-likeness (QED) is 0.816. The molecule has 1 aromatic heterocycles. The molecule has 9 heteroatoms. The Labute approximate surface area is 132 Å². The van der Waals surface area contributed by atoms with Crippen LogP contribution in [0.2, 0.25) is 0 Å². The van der Waals surface area contributed by atoms with Crippen molar-refractivity contribution in [2.24, 2.45) is 0 Å². The fourth-order valence-corrected chi connectivity index (χ4v) is 5.11.